The Morgan fingerprint density at radius 3 is 2.34 bits per heavy atom. The normalized spacial score (nSPS) is 18.5. The van der Waals surface area contributed by atoms with Crippen molar-refractivity contribution in [3.05, 3.63) is 54.1 Å². The van der Waals surface area contributed by atoms with Crippen LogP contribution < -0.4 is 16.4 Å². The molecule has 2 saturated heterocycles. The number of para-hydroxylation sites is 1. The highest BCUT2D eigenvalue weighted by Crippen LogP contribution is 2.29. The summed E-state index contributed by atoms with van der Waals surface area (Å²) in [7, 11) is -4.02. The number of piperidine rings is 1. The second-order valence-corrected chi connectivity index (χ2v) is 12.4. The minimum absolute atomic E-state index is 0.0304. The predicted octanol–water partition coefficient (Wildman–Crippen LogP) is 1.73. The third kappa shape index (κ3) is 6.79. The highest BCUT2D eigenvalue weighted by Gasteiger charge is 2.36. The Morgan fingerprint density at radius 2 is 1.71 bits per heavy atom. The Morgan fingerprint density at radius 1 is 1.05 bits per heavy atom. The third-order valence-electron chi connectivity index (χ3n) is 7.69. The van der Waals surface area contributed by atoms with Crippen LogP contribution in [0.2, 0.25) is 0 Å². The Kier molecular flexibility index (Phi) is 9.16. The van der Waals surface area contributed by atoms with Crippen molar-refractivity contribution in [2.24, 2.45) is 11.7 Å². The van der Waals surface area contributed by atoms with Crippen molar-refractivity contribution in [3.8, 4) is 0 Å². The summed E-state index contributed by atoms with van der Waals surface area (Å²) in [6, 6.07) is 9.73. The molecular weight excluding hydrogens is 548 g/mol. The van der Waals surface area contributed by atoms with Gasteiger partial charge in [0.05, 0.1) is 21.0 Å². The van der Waals surface area contributed by atoms with E-state index in [0.717, 1.165) is 12.8 Å². The molecule has 2 fully saturated rings. The predicted molar refractivity (Wildman–Crippen MR) is 152 cm³/mol. The molecule has 2 aromatic rings. The van der Waals surface area contributed by atoms with Gasteiger partial charge in [0.1, 0.15) is 12.1 Å². The van der Waals surface area contributed by atoms with Crippen LogP contribution in [-0.4, -0.2) is 85.3 Å². The molecule has 13 heteroatoms. The number of amides is 2. The van der Waals surface area contributed by atoms with E-state index in [1.165, 1.54) is 30.3 Å². The van der Waals surface area contributed by atoms with Gasteiger partial charge in [0.25, 0.3) is 0 Å². The first-order chi connectivity index (χ1) is 19.5. The smallest absolute Gasteiger partial charge is 0.335 e. The molecular formula is C28H36N6O6S. The molecule has 41 heavy (non-hydrogen) atoms. The van der Waals surface area contributed by atoms with Crippen molar-refractivity contribution >= 4 is 39.3 Å². The lowest BCUT2D eigenvalue weighted by molar-refractivity contribution is -0.138. The minimum Gasteiger partial charge on any atom is -0.478 e. The monoisotopic (exact) mass is 584 g/mol. The minimum atomic E-state index is -4.02. The van der Waals surface area contributed by atoms with Gasteiger partial charge in [-0.2, -0.15) is 0 Å². The van der Waals surface area contributed by atoms with Crippen LogP contribution in [-0.2, 0) is 19.4 Å². The van der Waals surface area contributed by atoms with Crippen LogP contribution in [0.5, 0.6) is 0 Å². The molecule has 6 N–H and O–H groups in total. The lowest BCUT2D eigenvalue weighted by Gasteiger charge is -2.33. The number of sulfone groups is 1. The molecule has 4 rings (SSSR count). The molecule has 2 aromatic carbocycles. The number of carbonyl (C=O) groups is 3. The summed E-state index contributed by atoms with van der Waals surface area (Å²) in [5.41, 5.74) is 5.75. The second-order valence-electron chi connectivity index (χ2n) is 10.4. The first-order valence-electron chi connectivity index (χ1n) is 13.6. The van der Waals surface area contributed by atoms with E-state index >= 15 is 0 Å². The molecule has 220 valence electrons. The summed E-state index contributed by atoms with van der Waals surface area (Å²) < 4.78 is 26.8. The van der Waals surface area contributed by atoms with Crippen LogP contribution in [0.25, 0.3) is 0 Å². The molecule has 0 spiro atoms. The first kappa shape index (κ1) is 29.8. The van der Waals surface area contributed by atoms with E-state index in [-0.39, 0.29) is 44.7 Å². The number of nitrogens with zero attached hydrogens (tertiary/aromatic N) is 2. The van der Waals surface area contributed by atoms with Gasteiger partial charge in [0, 0.05) is 26.2 Å². The Hall–Kier alpha value is -4.13. The number of guanidine groups is 1. The van der Waals surface area contributed by atoms with Crippen LogP contribution in [0.1, 0.15) is 43.0 Å². The number of benzene rings is 2. The summed E-state index contributed by atoms with van der Waals surface area (Å²) in [6.07, 6.45) is 2.87. The highest BCUT2D eigenvalue weighted by atomic mass is 32.2. The number of likely N-dealkylation sites (tertiary alicyclic amines) is 2. The van der Waals surface area contributed by atoms with Crippen LogP contribution in [0.4, 0.5) is 5.69 Å². The van der Waals surface area contributed by atoms with Crippen molar-refractivity contribution < 1.29 is 27.9 Å². The molecule has 2 heterocycles. The summed E-state index contributed by atoms with van der Waals surface area (Å²) in [4.78, 5) is 40.9. The fourth-order valence-corrected chi connectivity index (χ4v) is 6.73. The Bertz CT molecular complexity index is 1410. The Labute approximate surface area is 239 Å². The first-order valence-corrected chi connectivity index (χ1v) is 15.1. The molecule has 1 unspecified atom stereocenters. The number of carboxylic acids is 1. The maximum atomic E-state index is 13.4. The van der Waals surface area contributed by atoms with Crippen LogP contribution in [0.3, 0.4) is 0 Å². The number of hydrogen-bond donors (Lipinski definition) is 5. The number of anilines is 1. The van der Waals surface area contributed by atoms with Crippen LogP contribution in [0, 0.1) is 11.3 Å². The van der Waals surface area contributed by atoms with E-state index in [1.54, 1.807) is 30.0 Å². The van der Waals surface area contributed by atoms with E-state index in [2.05, 4.69) is 10.6 Å². The maximum Gasteiger partial charge on any atom is 0.335 e. The number of aromatic carboxylic acids is 1. The van der Waals surface area contributed by atoms with Gasteiger partial charge in [-0.05, 0) is 74.9 Å². The molecule has 12 nitrogen and oxygen atoms in total. The molecule has 0 bridgehead atoms. The molecule has 2 aliphatic rings. The fourth-order valence-electron chi connectivity index (χ4n) is 5.31. The summed E-state index contributed by atoms with van der Waals surface area (Å²) in [6.45, 7) is 3.91. The number of nitrogens with two attached hydrogens (primary N) is 1. The number of hydrogen-bond acceptors (Lipinski definition) is 7. The molecule has 0 radical (unpaired) electrons. The van der Waals surface area contributed by atoms with Gasteiger partial charge in [-0.15, -0.1) is 0 Å². The summed E-state index contributed by atoms with van der Waals surface area (Å²) >= 11 is 0. The largest absolute Gasteiger partial charge is 0.478 e. The van der Waals surface area contributed by atoms with Crippen molar-refractivity contribution in [3.63, 3.8) is 0 Å². The van der Waals surface area contributed by atoms with E-state index in [4.69, 9.17) is 16.2 Å². The Balaban J connectivity index is 1.40. The van der Waals surface area contributed by atoms with Gasteiger partial charge in [-0.25, -0.2) is 13.2 Å². The van der Waals surface area contributed by atoms with Crippen LogP contribution >= 0.6 is 0 Å². The maximum absolute atomic E-state index is 13.4. The SMILES string of the molecule is CC(Nc1ccccc1S(=O)(=O)c1ccc(C(=O)O)cc1)C(=O)N1CCC[C@H]1C(=O)NCC1CCN(C(=N)N)CC1. The third-order valence-corrected chi connectivity index (χ3v) is 9.52. The van der Waals surface area contributed by atoms with Crippen molar-refractivity contribution in [2.45, 2.75) is 54.5 Å². The van der Waals surface area contributed by atoms with Crippen molar-refractivity contribution in [2.75, 3.05) is 31.5 Å². The van der Waals surface area contributed by atoms with Gasteiger partial charge in [-0.3, -0.25) is 15.0 Å². The lowest BCUT2D eigenvalue weighted by Crippen LogP contribution is -2.51. The second kappa shape index (κ2) is 12.6. The van der Waals surface area contributed by atoms with Gasteiger partial charge in [0.15, 0.2) is 5.96 Å². The zero-order valence-electron chi connectivity index (χ0n) is 22.9. The van der Waals surface area contributed by atoms with Gasteiger partial charge in [-0.1, -0.05) is 12.1 Å². The van der Waals surface area contributed by atoms with Gasteiger partial charge < -0.3 is 31.3 Å². The van der Waals surface area contributed by atoms with Crippen molar-refractivity contribution in [1.29, 1.82) is 5.41 Å². The molecule has 2 aliphatic heterocycles. The zero-order chi connectivity index (χ0) is 29.7. The fraction of sp³-hybridized carbons (Fsp3) is 0.429. The number of nitrogens with one attached hydrogen (secondary N) is 3. The molecule has 2 atom stereocenters. The molecule has 0 aliphatic carbocycles. The lowest BCUT2D eigenvalue weighted by atomic mass is 9.97. The highest BCUT2D eigenvalue weighted by molar-refractivity contribution is 7.91. The number of carboxylic acid groups (broad SMARTS) is 1. The van der Waals surface area contributed by atoms with E-state index in [9.17, 15) is 22.8 Å². The quantitative estimate of drug-likeness (QED) is 0.216. The standard InChI is InChI=1S/C28H36N6O6S/c1-18(32-22-5-2-3-7-24(22)41(39,40)21-10-8-20(9-11-21)27(37)38)26(36)34-14-4-6-23(34)25(35)31-17-19-12-15-33(16-13-19)28(29)30/h2-3,5,7-11,18-19,23,32H,4,6,12-17H2,1H3,(H3,29,30)(H,31,35)(H,37,38)/t18?,23-/m0/s1. The molecule has 0 saturated carbocycles. The topological polar surface area (TPSA) is 186 Å². The van der Waals surface area contributed by atoms with E-state index < -0.39 is 27.9 Å². The van der Waals surface area contributed by atoms with Crippen molar-refractivity contribution in [1.82, 2.24) is 15.1 Å². The van der Waals surface area contributed by atoms with Gasteiger partial charge in [0.2, 0.25) is 21.7 Å². The molecule has 2 amide bonds. The number of rotatable bonds is 9. The van der Waals surface area contributed by atoms with Gasteiger partial charge >= 0.3 is 5.97 Å². The average molecular weight is 585 g/mol. The summed E-state index contributed by atoms with van der Waals surface area (Å²) in [5.74, 6) is -1.34. The molecule has 0 aromatic heterocycles. The van der Waals surface area contributed by atoms with Crippen LogP contribution in [0.15, 0.2) is 58.3 Å². The summed E-state index contributed by atoms with van der Waals surface area (Å²) in [5, 5.41) is 22.7. The zero-order valence-corrected chi connectivity index (χ0v) is 23.7. The van der Waals surface area contributed by atoms with E-state index in [1.807, 2.05) is 4.90 Å². The van der Waals surface area contributed by atoms with E-state index in [0.29, 0.717) is 39.0 Å². The average Bonchev–Trinajstić information content (AvgIpc) is 3.46. The number of carbonyl (C=O) groups excluding carboxylic acids is 2.